The lowest BCUT2D eigenvalue weighted by Crippen LogP contribution is -2.37. The number of carbonyl (C=O) groups excluding carboxylic acids is 1. The molecule has 0 spiro atoms. The summed E-state index contributed by atoms with van der Waals surface area (Å²) in [6, 6.07) is 0.0925. The van der Waals surface area contributed by atoms with Crippen LogP contribution in [0, 0.1) is 5.92 Å². The Hall–Kier alpha value is -1.03. The molecule has 2 N–H and O–H groups in total. The predicted octanol–water partition coefficient (Wildman–Crippen LogP) is 2.54. The fourth-order valence-electron chi connectivity index (χ4n) is 2.20. The van der Waals surface area contributed by atoms with Gasteiger partial charge in [-0.25, -0.2) is 4.79 Å². The van der Waals surface area contributed by atoms with Gasteiger partial charge in [0.25, 0.3) is 0 Å². The second-order valence-electron chi connectivity index (χ2n) is 6.30. The number of nitrogens with zero attached hydrogens (tertiary/aromatic N) is 1. The van der Waals surface area contributed by atoms with Crippen molar-refractivity contribution in [3.8, 4) is 0 Å². The minimum Gasteiger partial charge on any atom is -0.444 e. The molecule has 0 aromatic carbocycles. The monoisotopic (exact) mass is 254 g/mol. The molecule has 1 amide bonds. The molecule has 1 fully saturated rings. The Labute approximate surface area is 110 Å². The second-order valence-corrected chi connectivity index (χ2v) is 6.30. The van der Waals surface area contributed by atoms with E-state index >= 15 is 0 Å². The predicted molar refractivity (Wildman–Crippen MR) is 73.3 cm³/mol. The minimum absolute atomic E-state index is 0.0925. The summed E-state index contributed by atoms with van der Waals surface area (Å²) >= 11 is 0. The topological polar surface area (TPSA) is 55.6 Å². The van der Waals surface area contributed by atoms with Gasteiger partial charge in [-0.2, -0.15) is 0 Å². The molecule has 1 heterocycles. The summed E-state index contributed by atoms with van der Waals surface area (Å²) in [4.78, 5) is 13.7. The van der Waals surface area contributed by atoms with Crippen LogP contribution in [0.15, 0.2) is 12.2 Å². The van der Waals surface area contributed by atoms with Gasteiger partial charge in [0.2, 0.25) is 0 Å². The summed E-state index contributed by atoms with van der Waals surface area (Å²) in [5, 5.41) is 0. The van der Waals surface area contributed by atoms with Gasteiger partial charge in [-0.3, -0.25) is 0 Å². The van der Waals surface area contributed by atoms with Crippen LogP contribution in [0.3, 0.4) is 0 Å². The SMILES string of the molecule is C=C(C)CC(N)C1CCN(C(=O)OC(C)(C)C)C1. The largest absolute Gasteiger partial charge is 0.444 e. The summed E-state index contributed by atoms with van der Waals surface area (Å²) < 4.78 is 5.36. The van der Waals surface area contributed by atoms with Gasteiger partial charge >= 0.3 is 6.09 Å². The molecule has 1 aliphatic heterocycles. The molecule has 4 nitrogen and oxygen atoms in total. The molecule has 1 rings (SSSR count). The average Bonchev–Trinajstić information content (AvgIpc) is 2.61. The van der Waals surface area contributed by atoms with E-state index < -0.39 is 5.60 Å². The van der Waals surface area contributed by atoms with Crippen LogP contribution in [0.5, 0.6) is 0 Å². The van der Waals surface area contributed by atoms with Crippen LogP contribution in [0.25, 0.3) is 0 Å². The molecule has 18 heavy (non-hydrogen) atoms. The van der Waals surface area contributed by atoms with E-state index in [9.17, 15) is 4.79 Å². The zero-order valence-electron chi connectivity index (χ0n) is 12.0. The van der Waals surface area contributed by atoms with Gasteiger partial charge in [0.05, 0.1) is 0 Å². The Morgan fingerprint density at radius 1 is 1.56 bits per heavy atom. The molecule has 2 atom stereocenters. The molecule has 0 bridgehead atoms. The number of likely N-dealkylation sites (tertiary alicyclic amines) is 1. The maximum atomic E-state index is 11.9. The van der Waals surface area contributed by atoms with E-state index in [1.165, 1.54) is 0 Å². The van der Waals surface area contributed by atoms with Gasteiger partial charge in [-0.05, 0) is 46.5 Å². The molecule has 4 heteroatoms. The van der Waals surface area contributed by atoms with E-state index in [2.05, 4.69) is 6.58 Å². The Morgan fingerprint density at radius 3 is 2.67 bits per heavy atom. The van der Waals surface area contributed by atoms with Gasteiger partial charge in [-0.15, -0.1) is 6.58 Å². The number of carbonyl (C=O) groups is 1. The lowest BCUT2D eigenvalue weighted by molar-refractivity contribution is 0.0286. The van der Waals surface area contributed by atoms with Gasteiger partial charge in [-0.1, -0.05) is 5.57 Å². The normalized spacial score (nSPS) is 21.8. The van der Waals surface area contributed by atoms with Gasteiger partial charge in [0, 0.05) is 19.1 Å². The molecular weight excluding hydrogens is 228 g/mol. The molecule has 1 aliphatic rings. The number of nitrogens with two attached hydrogens (primary N) is 1. The summed E-state index contributed by atoms with van der Waals surface area (Å²) in [5.41, 5.74) is 6.79. The molecule has 0 saturated carbocycles. The first-order chi connectivity index (χ1) is 8.19. The Kier molecular flexibility index (Phi) is 4.79. The van der Waals surface area contributed by atoms with Crippen molar-refractivity contribution < 1.29 is 9.53 Å². The highest BCUT2D eigenvalue weighted by Gasteiger charge is 2.32. The molecule has 0 aliphatic carbocycles. The van der Waals surface area contributed by atoms with Crippen LogP contribution in [-0.2, 0) is 4.74 Å². The average molecular weight is 254 g/mol. The van der Waals surface area contributed by atoms with E-state index in [0.29, 0.717) is 12.5 Å². The molecule has 104 valence electrons. The van der Waals surface area contributed by atoms with Crippen molar-refractivity contribution in [2.24, 2.45) is 11.7 Å². The van der Waals surface area contributed by atoms with Crippen LogP contribution in [0.1, 0.15) is 40.5 Å². The first kappa shape index (κ1) is 15.0. The third kappa shape index (κ3) is 4.69. The Morgan fingerprint density at radius 2 is 2.17 bits per heavy atom. The molecule has 1 saturated heterocycles. The first-order valence-electron chi connectivity index (χ1n) is 6.57. The fraction of sp³-hybridized carbons (Fsp3) is 0.786. The highest BCUT2D eigenvalue weighted by molar-refractivity contribution is 5.68. The quantitative estimate of drug-likeness (QED) is 0.787. The summed E-state index contributed by atoms with van der Waals surface area (Å²) in [6.45, 7) is 12.9. The van der Waals surface area contributed by atoms with Crippen molar-refractivity contribution in [3.05, 3.63) is 12.2 Å². The molecule has 0 aromatic heterocycles. The van der Waals surface area contributed by atoms with E-state index in [4.69, 9.17) is 10.5 Å². The number of hydrogen-bond donors (Lipinski definition) is 1. The number of rotatable bonds is 3. The van der Waals surface area contributed by atoms with Crippen LogP contribution >= 0.6 is 0 Å². The number of ether oxygens (including phenoxy) is 1. The van der Waals surface area contributed by atoms with Gasteiger partial charge < -0.3 is 15.4 Å². The third-order valence-corrected chi connectivity index (χ3v) is 3.07. The lowest BCUT2D eigenvalue weighted by Gasteiger charge is -2.25. The van der Waals surface area contributed by atoms with E-state index in [-0.39, 0.29) is 12.1 Å². The maximum Gasteiger partial charge on any atom is 0.410 e. The van der Waals surface area contributed by atoms with Crippen molar-refractivity contribution in [3.63, 3.8) is 0 Å². The van der Waals surface area contributed by atoms with Crippen LogP contribution in [0.2, 0.25) is 0 Å². The summed E-state index contributed by atoms with van der Waals surface area (Å²) in [7, 11) is 0. The van der Waals surface area contributed by atoms with Crippen molar-refractivity contribution in [2.45, 2.75) is 52.2 Å². The summed E-state index contributed by atoms with van der Waals surface area (Å²) in [5.74, 6) is 0.356. The highest BCUT2D eigenvalue weighted by Crippen LogP contribution is 2.23. The van der Waals surface area contributed by atoms with Crippen LogP contribution in [-0.4, -0.2) is 35.7 Å². The highest BCUT2D eigenvalue weighted by atomic mass is 16.6. The zero-order valence-corrected chi connectivity index (χ0v) is 12.0. The first-order valence-corrected chi connectivity index (χ1v) is 6.57. The van der Waals surface area contributed by atoms with E-state index in [0.717, 1.165) is 25.0 Å². The van der Waals surface area contributed by atoms with Crippen LogP contribution in [0.4, 0.5) is 4.79 Å². The molecular formula is C14H26N2O2. The maximum absolute atomic E-state index is 11.9. The Balaban J connectivity index is 2.46. The van der Waals surface area contributed by atoms with Crippen molar-refractivity contribution in [1.82, 2.24) is 4.90 Å². The van der Waals surface area contributed by atoms with Crippen molar-refractivity contribution >= 4 is 6.09 Å². The lowest BCUT2D eigenvalue weighted by atomic mass is 9.94. The zero-order chi connectivity index (χ0) is 13.9. The van der Waals surface area contributed by atoms with E-state index in [1.807, 2.05) is 27.7 Å². The minimum atomic E-state index is -0.436. The standard InChI is InChI=1S/C14H26N2O2/c1-10(2)8-12(15)11-6-7-16(9-11)13(17)18-14(3,4)5/h11-12H,1,6-9,15H2,2-5H3. The van der Waals surface area contributed by atoms with E-state index in [1.54, 1.807) is 4.90 Å². The third-order valence-electron chi connectivity index (χ3n) is 3.07. The van der Waals surface area contributed by atoms with Crippen molar-refractivity contribution in [1.29, 1.82) is 0 Å². The summed E-state index contributed by atoms with van der Waals surface area (Å²) in [6.07, 6.45) is 1.55. The molecule has 0 radical (unpaired) electrons. The number of hydrogen-bond acceptors (Lipinski definition) is 3. The number of amides is 1. The van der Waals surface area contributed by atoms with Gasteiger partial charge in [0.15, 0.2) is 0 Å². The Bertz CT molecular complexity index is 320. The van der Waals surface area contributed by atoms with Crippen LogP contribution < -0.4 is 5.73 Å². The fourth-order valence-corrected chi connectivity index (χ4v) is 2.20. The smallest absolute Gasteiger partial charge is 0.410 e. The second kappa shape index (κ2) is 5.74. The molecule has 0 aromatic rings. The molecule has 2 unspecified atom stereocenters. The van der Waals surface area contributed by atoms with Crippen molar-refractivity contribution in [2.75, 3.05) is 13.1 Å². The van der Waals surface area contributed by atoms with Gasteiger partial charge in [0.1, 0.15) is 5.60 Å².